The molecule has 0 unspecified atom stereocenters. The van der Waals surface area contributed by atoms with Gasteiger partial charge in [-0.25, -0.2) is 0 Å². The first-order valence-corrected chi connectivity index (χ1v) is 9.93. The molecule has 0 aliphatic carbocycles. The van der Waals surface area contributed by atoms with Gasteiger partial charge >= 0.3 is 0 Å². The summed E-state index contributed by atoms with van der Waals surface area (Å²) in [6.07, 6.45) is 1.57. The molecule has 1 aliphatic heterocycles. The minimum atomic E-state index is -1.68. The van der Waals surface area contributed by atoms with Crippen LogP contribution < -0.4 is 0 Å². The fraction of sp³-hybridized carbons (Fsp3) is 1.00. The summed E-state index contributed by atoms with van der Waals surface area (Å²) in [4.78, 5) is 0. The zero-order valence-electron chi connectivity index (χ0n) is 13.0. The Morgan fingerprint density at radius 1 is 1.22 bits per heavy atom. The van der Waals surface area contributed by atoms with Crippen molar-refractivity contribution < 1.29 is 14.3 Å². The number of aliphatic hydroxyl groups is 1. The van der Waals surface area contributed by atoms with Gasteiger partial charge in [-0.05, 0) is 37.4 Å². The van der Waals surface area contributed by atoms with Crippen LogP contribution in [0, 0.1) is 5.92 Å². The maximum absolute atomic E-state index is 8.97. The van der Waals surface area contributed by atoms with E-state index in [2.05, 4.69) is 47.7 Å². The summed E-state index contributed by atoms with van der Waals surface area (Å²) < 4.78 is 11.8. The molecular formula is C14H30O3Si. The molecular weight excluding hydrogens is 244 g/mol. The van der Waals surface area contributed by atoms with Crippen molar-refractivity contribution in [3.63, 3.8) is 0 Å². The fourth-order valence-corrected chi connectivity index (χ4v) is 3.38. The Morgan fingerprint density at radius 3 is 2.17 bits per heavy atom. The SMILES string of the molecule is C[C@H](O[Si](C)(C)C(C)(C)C)[C@@H](C)C[C@@H]1O[C@H]1CO. The van der Waals surface area contributed by atoms with E-state index >= 15 is 0 Å². The molecule has 4 atom stereocenters. The lowest BCUT2D eigenvalue weighted by molar-refractivity contribution is 0.132. The molecule has 18 heavy (non-hydrogen) atoms. The molecule has 1 saturated heterocycles. The monoisotopic (exact) mass is 274 g/mol. The number of rotatable bonds is 6. The normalized spacial score (nSPS) is 28.0. The minimum Gasteiger partial charge on any atom is -0.414 e. The number of ether oxygens (including phenoxy) is 1. The van der Waals surface area contributed by atoms with Crippen LogP contribution in [0.25, 0.3) is 0 Å². The van der Waals surface area contributed by atoms with Gasteiger partial charge in [0.25, 0.3) is 0 Å². The average molecular weight is 274 g/mol. The second-order valence-electron chi connectivity index (χ2n) is 7.19. The van der Waals surface area contributed by atoms with E-state index in [4.69, 9.17) is 14.3 Å². The number of hydrogen-bond acceptors (Lipinski definition) is 3. The number of hydrogen-bond donors (Lipinski definition) is 1. The maximum atomic E-state index is 8.97. The molecule has 1 rings (SSSR count). The van der Waals surface area contributed by atoms with Gasteiger partial charge in [0, 0.05) is 6.10 Å². The molecule has 0 bridgehead atoms. The molecule has 1 N–H and O–H groups in total. The van der Waals surface area contributed by atoms with E-state index in [0.29, 0.717) is 5.92 Å². The molecule has 0 saturated carbocycles. The van der Waals surface area contributed by atoms with E-state index in [1.807, 2.05) is 0 Å². The molecule has 1 fully saturated rings. The molecule has 108 valence electrons. The Morgan fingerprint density at radius 2 is 1.78 bits per heavy atom. The van der Waals surface area contributed by atoms with Crippen LogP contribution in [0.1, 0.15) is 41.0 Å². The predicted molar refractivity (Wildman–Crippen MR) is 77.3 cm³/mol. The Balaban J connectivity index is 2.42. The summed E-state index contributed by atoms with van der Waals surface area (Å²) in [6.45, 7) is 15.9. The highest BCUT2D eigenvalue weighted by molar-refractivity contribution is 6.74. The molecule has 0 aromatic heterocycles. The van der Waals surface area contributed by atoms with E-state index in [9.17, 15) is 0 Å². The standard InChI is InChI=1S/C14H30O3Si/c1-10(8-12-13(9-15)16-12)11(2)17-18(6,7)14(3,4)5/h10-13,15H,8-9H2,1-7H3/t10-,11-,12-,13-/m0/s1. The van der Waals surface area contributed by atoms with Crippen LogP contribution in [0.15, 0.2) is 0 Å². The third-order valence-corrected chi connectivity index (χ3v) is 9.13. The van der Waals surface area contributed by atoms with E-state index in [-0.39, 0.29) is 30.0 Å². The van der Waals surface area contributed by atoms with Crippen molar-refractivity contribution in [3.8, 4) is 0 Å². The highest BCUT2D eigenvalue weighted by atomic mass is 28.4. The van der Waals surface area contributed by atoms with Gasteiger partial charge in [0.2, 0.25) is 0 Å². The molecule has 0 amide bonds. The van der Waals surface area contributed by atoms with E-state index in [1.54, 1.807) is 0 Å². The van der Waals surface area contributed by atoms with Crippen LogP contribution in [-0.2, 0) is 9.16 Å². The molecule has 0 spiro atoms. The lowest BCUT2D eigenvalue weighted by Crippen LogP contribution is -2.44. The first-order valence-electron chi connectivity index (χ1n) is 7.02. The van der Waals surface area contributed by atoms with Gasteiger partial charge in [-0.1, -0.05) is 27.7 Å². The fourth-order valence-electron chi connectivity index (χ4n) is 1.86. The molecule has 4 heteroatoms. The minimum absolute atomic E-state index is 0.0764. The largest absolute Gasteiger partial charge is 0.414 e. The summed E-state index contributed by atoms with van der Waals surface area (Å²) in [5.74, 6) is 0.473. The Labute approximate surface area is 113 Å². The van der Waals surface area contributed by atoms with Crippen molar-refractivity contribution in [1.29, 1.82) is 0 Å². The lowest BCUT2D eigenvalue weighted by Gasteiger charge is -2.39. The zero-order valence-corrected chi connectivity index (χ0v) is 14.0. The van der Waals surface area contributed by atoms with E-state index in [0.717, 1.165) is 6.42 Å². The van der Waals surface area contributed by atoms with Gasteiger partial charge in [0.1, 0.15) is 6.10 Å². The first-order chi connectivity index (χ1) is 8.08. The van der Waals surface area contributed by atoms with Crippen LogP contribution in [0.4, 0.5) is 0 Å². The summed E-state index contributed by atoms with van der Waals surface area (Å²) in [7, 11) is -1.68. The van der Waals surface area contributed by atoms with Crippen molar-refractivity contribution in [2.75, 3.05) is 6.61 Å². The molecule has 0 radical (unpaired) electrons. The van der Waals surface area contributed by atoms with Crippen LogP contribution in [0.5, 0.6) is 0 Å². The van der Waals surface area contributed by atoms with Gasteiger partial charge in [-0.3, -0.25) is 0 Å². The highest BCUT2D eigenvalue weighted by Gasteiger charge is 2.42. The average Bonchev–Trinajstić information content (AvgIpc) is 2.93. The predicted octanol–water partition coefficient (Wildman–Crippen LogP) is 3.18. The van der Waals surface area contributed by atoms with Gasteiger partial charge in [0.05, 0.1) is 12.7 Å². The van der Waals surface area contributed by atoms with Crippen LogP contribution >= 0.6 is 0 Å². The highest BCUT2D eigenvalue weighted by Crippen LogP contribution is 2.39. The van der Waals surface area contributed by atoms with Gasteiger partial charge in [-0.2, -0.15) is 0 Å². The van der Waals surface area contributed by atoms with Crippen LogP contribution in [-0.4, -0.2) is 38.3 Å². The molecule has 1 heterocycles. The lowest BCUT2D eigenvalue weighted by atomic mass is 9.99. The summed E-state index contributed by atoms with van der Waals surface area (Å²) in [5.41, 5.74) is 0. The third-order valence-electron chi connectivity index (χ3n) is 4.56. The Hall–Kier alpha value is 0.0969. The summed E-state index contributed by atoms with van der Waals surface area (Å²) in [5, 5.41) is 9.23. The van der Waals surface area contributed by atoms with Gasteiger partial charge in [0.15, 0.2) is 8.32 Å². The van der Waals surface area contributed by atoms with Crippen molar-refractivity contribution in [1.82, 2.24) is 0 Å². The van der Waals surface area contributed by atoms with Crippen LogP contribution in [0.3, 0.4) is 0 Å². The maximum Gasteiger partial charge on any atom is 0.192 e. The number of epoxide rings is 1. The van der Waals surface area contributed by atoms with Crippen molar-refractivity contribution in [2.45, 2.75) is 77.5 Å². The third kappa shape index (κ3) is 4.05. The van der Waals surface area contributed by atoms with Gasteiger partial charge in [-0.15, -0.1) is 0 Å². The second-order valence-corrected chi connectivity index (χ2v) is 11.9. The Kier molecular flexibility index (Phi) is 5.04. The molecule has 3 nitrogen and oxygen atoms in total. The Bertz CT molecular complexity index is 273. The second kappa shape index (κ2) is 5.61. The van der Waals surface area contributed by atoms with Crippen LogP contribution in [0.2, 0.25) is 18.1 Å². The van der Waals surface area contributed by atoms with Crippen molar-refractivity contribution in [3.05, 3.63) is 0 Å². The molecule has 0 aromatic rings. The van der Waals surface area contributed by atoms with Crippen molar-refractivity contribution in [2.24, 2.45) is 5.92 Å². The quantitative estimate of drug-likeness (QED) is 0.597. The zero-order chi connectivity index (χ0) is 14.1. The summed E-state index contributed by atoms with van der Waals surface area (Å²) in [6, 6.07) is 0. The topological polar surface area (TPSA) is 42.0 Å². The van der Waals surface area contributed by atoms with Crippen molar-refractivity contribution >= 4 is 8.32 Å². The smallest absolute Gasteiger partial charge is 0.192 e. The van der Waals surface area contributed by atoms with E-state index in [1.165, 1.54) is 0 Å². The molecule has 0 aromatic carbocycles. The van der Waals surface area contributed by atoms with Gasteiger partial charge < -0.3 is 14.3 Å². The van der Waals surface area contributed by atoms with E-state index < -0.39 is 8.32 Å². The summed E-state index contributed by atoms with van der Waals surface area (Å²) >= 11 is 0. The number of aliphatic hydroxyl groups excluding tert-OH is 1. The molecule has 1 aliphatic rings. The first kappa shape index (κ1) is 16.2.